The first-order valence-corrected chi connectivity index (χ1v) is 9.34. The number of hydrogen-bond donors (Lipinski definition) is 2. The molecule has 2 aromatic carbocycles. The van der Waals surface area contributed by atoms with Crippen molar-refractivity contribution in [2.24, 2.45) is 4.99 Å². The Labute approximate surface area is 173 Å². The van der Waals surface area contributed by atoms with Crippen LogP contribution >= 0.6 is 0 Å². The van der Waals surface area contributed by atoms with E-state index in [9.17, 15) is 14.7 Å². The van der Waals surface area contributed by atoms with Crippen LogP contribution in [0.3, 0.4) is 0 Å². The summed E-state index contributed by atoms with van der Waals surface area (Å²) in [6.45, 7) is 3.71. The van der Waals surface area contributed by atoms with Crippen LogP contribution in [-0.2, 0) is 0 Å². The molecule has 3 rings (SSSR count). The normalized spacial score (nSPS) is 11.4. The quantitative estimate of drug-likeness (QED) is 0.609. The van der Waals surface area contributed by atoms with E-state index in [-0.39, 0.29) is 5.56 Å². The largest absolute Gasteiger partial charge is 0.497 e. The lowest BCUT2D eigenvalue weighted by atomic mass is 10.1. The molecule has 0 aliphatic heterocycles. The maximum absolute atomic E-state index is 12.6. The highest BCUT2D eigenvalue weighted by atomic mass is 16.5. The van der Waals surface area contributed by atoms with Crippen LogP contribution in [0.4, 0.5) is 5.69 Å². The highest BCUT2D eigenvalue weighted by Gasteiger charge is 2.20. The van der Waals surface area contributed by atoms with E-state index in [1.54, 1.807) is 44.4 Å². The highest BCUT2D eigenvalue weighted by Crippen LogP contribution is 2.32. The smallest absolute Gasteiger partial charge is 0.335 e. The predicted molar refractivity (Wildman–Crippen MR) is 115 cm³/mol. The van der Waals surface area contributed by atoms with Crippen LogP contribution in [0.15, 0.2) is 57.0 Å². The van der Waals surface area contributed by atoms with Crippen molar-refractivity contribution in [3.63, 3.8) is 0 Å². The number of hydrogen-bond acceptors (Lipinski definition) is 6. The van der Waals surface area contributed by atoms with Gasteiger partial charge in [-0.3, -0.25) is 9.78 Å². The first kappa shape index (κ1) is 20.9. The molecule has 0 saturated heterocycles. The van der Waals surface area contributed by atoms with E-state index in [2.05, 4.69) is 9.98 Å². The van der Waals surface area contributed by atoms with Crippen molar-refractivity contribution in [1.29, 1.82) is 0 Å². The molecule has 156 valence electrons. The van der Waals surface area contributed by atoms with E-state index in [1.165, 1.54) is 7.11 Å². The molecule has 0 bridgehead atoms. The zero-order chi connectivity index (χ0) is 21.8. The fraction of sp³-hybridized carbons (Fsp3) is 0.227. The summed E-state index contributed by atoms with van der Waals surface area (Å²) in [5.74, 6) is 0.571. The minimum absolute atomic E-state index is 0.0736. The Bertz CT molecular complexity index is 1210. The number of ether oxygens (including phenoxy) is 2. The Morgan fingerprint density at radius 2 is 1.80 bits per heavy atom. The van der Waals surface area contributed by atoms with Gasteiger partial charge in [-0.15, -0.1) is 0 Å². The number of methoxy groups -OCH3 is 2. The Kier molecular flexibility index (Phi) is 6.06. The molecule has 0 unspecified atom stereocenters. The van der Waals surface area contributed by atoms with Gasteiger partial charge in [-0.05, 0) is 37.6 Å². The Hall–Kier alpha value is -3.81. The summed E-state index contributed by atoms with van der Waals surface area (Å²) in [6.07, 6.45) is 0.331. The molecule has 8 heteroatoms. The van der Waals surface area contributed by atoms with Crippen LogP contribution in [0.2, 0.25) is 0 Å². The molecule has 30 heavy (non-hydrogen) atoms. The Morgan fingerprint density at radius 1 is 1.10 bits per heavy atom. The van der Waals surface area contributed by atoms with E-state index in [4.69, 9.17) is 9.47 Å². The number of aryl methyl sites for hydroxylation is 1. The highest BCUT2D eigenvalue weighted by molar-refractivity contribution is 6.03. The zero-order valence-electron chi connectivity index (χ0n) is 17.2. The van der Waals surface area contributed by atoms with Crippen LogP contribution in [0.25, 0.3) is 5.69 Å². The number of benzene rings is 2. The van der Waals surface area contributed by atoms with Gasteiger partial charge in [-0.2, -0.15) is 0 Å². The molecular formula is C22H23N3O5. The molecule has 0 aliphatic rings. The summed E-state index contributed by atoms with van der Waals surface area (Å²) in [6, 6.07) is 12.1. The van der Waals surface area contributed by atoms with Crippen LogP contribution in [0.1, 0.15) is 24.5 Å². The second kappa shape index (κ2) is 8.69. The van der Waals surface area contributed by atoms with E-state index in [0.29, 0.717) is 35.0 Å². The Morgan fingerprint density at radius 3 is 2.40 bits per heavy atom. The van der Waals surface area contributed by atoms with Crippen molar-refractivity contribution >= 4 is 11.4 Å². The number of aromatic hydroxyl groups is 1. The second-order valence-electron chi connectivity index (χ2n) is 6.58. The molecule has 0 radical (unpaired) electrons. The molecule has 3 aromatic rings. The fourth-order valence-electron chi connectivity index (χ4n) is 3.05. The van der Waals surface area contributed by atoms with Crippen molar-refractivity contribution < 1.29 is 14.6 Å². The lowest BCUT2D eigenvalue weighted by molar-refractivity contribution is 0.395. The summed E-state index contributed by atoms with van der Waals surface area (Å²) in [4.78, 5) is 31.8. The summed E-state index contributed by atoms with van der Waals surface area (Å²) >= 11 is 0. The second-order valence-corrected chi connectivity index (χ2v) is 6.58. The Balaban J connectivity index is 2.22. The van der Waals surface area contributed by atoms with Gasteiger partial charge in [0.25, 0.3) is 5.56 Å². The number of H-pyrrole nitrogens is 1. The van der Waals surface area contributed by atoms with E-state index in [1.807, 2.05) is 19.1 Å². The van der Waals surface area contributed by atoms with Crippen molar-refractivity contribution in [3.05, 3.63) is 74.4 Å². The van der Waals surface area contributed by atoms with E-state index in [0.717, 1.165) is 10.1 Å². The molecule has 0 fully saturated rings. The number of aromatic nitrogens is 2. The van der Waals surface area contributed by atoms with Gasteiger partial charge in [0.05, 0.1) is 25.6 Å². The standard InChI is InChI=1S/C22H23N3O5/c1-5-16(23-17-11-10-15(29-3)12-18(17)30-4)19-20(26)24-22(28)25(21(19)27)14-8-6-13(2)7-9-14/h6-12,27H,5H2,1-4H3,(H,24,26,28). The van der Waals surface area contributed by atoms with Gasteiger partial charge in [-0.1, -0.05) is 24.6 Å². The van der Waals surface area contributed by atoms with Gasteiger partial charge in [0.15, 0.2) is 0 Å². The first-order chi connectivity index (χ1) is 14.4. The molecule has 0 atom stereocenters. The van der Waals surface area contributed by atoms with Crippen molar-refractivity contribution in [2.75, 3.05) is 14.2 Å². The number of nitrogens with zero attached hydrogens (tertiary/aromatic N) is 2. The van der Waals surface area contributed by atoms with Gasteiger partial charge >= 0.3 is 5.69 Å². The average molecular weight is 409 g/mol. The van der Waals surface area contributed by atoms with Crippen LogP contribution in [0, 0.1) is 6.92 Å². The molecule has 8 nitrogen and oxygen atoms in total. The minimum Gasteiger partial charge on any atom is -0.497 e. The molecule has 1 aromatic heterocycles. The number of aliphatic imine (C=N–C) groups is 1. The van der Waals surface area contributed by atoms with Crippen LogP contribution in [0.5, 0.6) is 17.4 Å². The zero-order valence-corrected chi connectivity index (χ0v) is 17.2. The van der Waals surface area contributed by atoms with Gasteiger partial charge in [0.1, 0.15) is 22.7 Å². The summed E-state index contributed by atoms with van der Waals surface area (Å²) in [5, 5.41) is 10.9. The van der Waals surface area contributed by atoms with Gasteiger partial charge in [-0.25, -0.2) is 14.4 Å². The maximum Gasteiger partial charge on any atom is 0.335 e. The summed E-state index contributed by atoms with van der Waals surface area (Å²) in [5.41, 5.74) is 0.670. The lowest BCUT2D eigenvalue weighted by Gasteiger charge is -2.13. The molecule has 0 amide bonds. The SMILES string of the molecule is CCC(=Nc1ccc(OC)cc1OC)c1c(O)n(-c2ccc(C)cc2)c(=O)[nH]c1=O. The van der Waals surface area contributed by atoms with Gasteiger partial charge < -0.3 is 14.6 Å². The van der Waals surface area contributed by atoms with Gasteiger partial charge in [0.2, 0.25) is 5.88 Å². The molecule has 1 heterocycles. The lowest BCUT2D eigenvalue weighted by Crippen LogP contribution is -2.33. The van der Waals surface area contributed by atoms with E-state index >= 15 is 0 Å². The molecule has 0 spiro atoms. The topological polar surface area (TPSA) is 106 Å². The summed E-state index contributed by atoms with van der Waals surface area (Å²) < 4.78 is 11.6. The average Bonchev–Trinajstić information content (AvgIpc) is 2.74. The van der Waals surface area contributed by atoms with Crippen LogP contribution in [-0.4, -0.2) is 34.6 Å². The minimum atomic E-state index is -0.734. The van der Waals surface area contributed by atoms with Gasteiger partial charge in [0, 0.05) is 6.07 Å². The van der Waals surface area contributed by atoms with Crippen molar-refractivity contribution in [1.82, 2.24) is 9.55 Å². The molecule has 0 saturated carbocycles. The van der Waals surface area contributed by atoms with Crippen molar-refractivity contribution in [3.8, 4) is 23.1 Å². The van der Waals surface area contributed by atoms with E-state index < -0.39 is 17.1 Å². The van der Waals surface area contributed by atoms with Crippen LogP contribution < -0.4 is 20.7 Å². The number of nitrogens with one attached hydrogen (secondary N) is 1. The number of rotatable bonds is 6. The molecule has 0 aliphatic carbocycles. The summed E-state index contributed by atoms with van der Waals surface area (Å²) in [7, 11) is 3.04. The predicted octanol–water partition coefficient (Wildman–Crippen LogP) is 3.09. The molecule has 2 N–H and O–H groups in total. The monoisotopic (exact) mass is 409 g/mol. The third kappa shape index (κ3) is 3.98. The molecular weight excluding hydrogens is 386 g/mol. The number of aromatic amines is 1. The third-order valence-corrected chi connectivity index (χ3v) is 4.64. The van der Waals surface area contributed by atoms with Crippen molar-refractivity contribution in [2.45, 2.75) is 20.3 Å². The first-order valence-electron chi connectivity index (χ1n) is 9.34. The fourth-order valence-corrected chi connectivity index (χ4v) is 3.05. The third-order valence-electron chi connectivity index (χ3n) is 4.64. The maximum atomic E-state index is 12.6.